The van der Waals surface area contributed by atoms with Crippen LogP contribution in [0.4, 0.5) is 5.82 Å². The number of nitrogens with zero attached hydrogens (tertiary/aromatic N) is 5. The number of hydrogen-bond donors (Lipinski definition) is 1. The SMILES string of the molecule is Nc1ncnc2c1c(-c1ccc3ccc(-c4cccs4)nc3c1)nn2C1=CC=C1. The van der Waals surface area contributed by atoms with Crippen molar-refractivity contribution >= 4 is 44.8 Å². The molecule has 0 atom stereocenters. The number of hydrogen-bond acceptors (Lipinski definition) is 6. The highest BCUT2D eigenvalue weighted by atomic mass is 32.1. The number of benzene rings is 1. The molecule has 2 N–H and O–H groups in total. The molecule has 0 spiro atoms. The van der Waals surface area contributed by atoms with Gasteiger partial charge in [0.25, 0.3) is 0 Å². The van der Waals surface area contributed by atoms with Crippen LogP contribution in [-0.2, 0) is 0 Å². The van der Waals surface area contributed by atoms with Crippen LogP contribution in [0.15, 0.2) is 72.4 Å². The molecule has 1 aliphatic rings. The summed E-state index contributed by atoms with van der Waals surface area (Å²) in [5.74, 6) is 0.417. The maximum Gasteiger partial charge on any atom is 0.169 e. The Bertz CT molecular complexity index is 1460. The Balaban J connectivity index is 1.57. The van der Waals surface area contributed by atoms with Crippen LogP contribution in [0.3, 0.4) is 0 Å². The van der Waals surface area contributed by atoms with E-state index in [2.05, 4.69) is 45.7 Å². The normalized spacial score (nSPS) is 13.0. The molecule has 0 radical (unpaired) electrons. The van der Waals surface area contributed by atoms with Crippen LogP contribution in [0.2, 0.25) is 0 Å². The highest BCUT2D eigenvalue weighted by molar-refractivity contribution is 7.13. The van der Waals surface area contributed by atoms with E-state index in [0.29, 0.717) is 11.5 Å². The quantitative estimate of drug-likeness (QED) is 0.477. The fourth-order valence-corrected chi connectivity index (χ4v) is 4.20. The van der Waals surface area contributed by atoms with Gasteiger partial charge in [-0.3, -0.25) is 0 Å². The summed E-state index contributed by atoms with van der Waals surface area (Å²) in [4.78, 5) is 14.6. The fourth-order valence-electron chi connectivity index (χ4n) is 3.51. The lowest BCUT2D eigenvalue weighted by molar-refractivity contribution is 0.923. The summed E-state index contributed by atoms with van der Waals surface area (Å²) in [6.07, 6.45) is 7.42. The van der Waals surface area contributed by atoms with Gasteiger partial charge in [0, 0.05) is 10.9 Å². The lowest BCUT2D eigenvalue weighted by Gasteiger charge is -2.07. The summed E-state index contributed by atoms with van der Waals surface area (Å²) in [6, 6.07) is 14.4. The molecule has 7 heteroatoms. The first-order valence-corrected chi connectivity index (χ1v) is 9.99. The van der Waals surface area contributed by atoms with Gasteiger partial charge in [-0.15, -0.1) is 11.3 Å². The topological polar surface area (TPSA) is 82.5 Å². The highest BCUT2D eigenvalue weighted by Crippen LogP contribution is 2.34. The van der Waals surface area contributed by atoms with Gasteiger partial charge in [-0.2, -0.15) is 5.10 Å². The van der Waals surface area contributed by atoms with Gasteiger partial charge in [-0.1, -0.05) is 30.3 Å². The lowest BCUT2D eigenvalue weighted by Crippen LogP contribution is -2.02. The average Bonchev–Trinajstić information content (AvgIpc) is 3.36. The van der Waals surface area contributed by atoms with E-state index in [4.69, 9.17) is 15.8 Å². The minimum atomic E-state index is 0.417. The molecule has 138 valence electrons. The van der Waals surface area contributed by atoms with E-state index in [-0.39, 0.29) is 0 Å². The van der Waals surface area contributed by atoms with Gasteiger partial charge in [0.05, 0.1) is 27.2 Å². The van der Waals surface area contributed by atoms with Gasteiger partial charge >= 0.3 is 0 Å². The first-order valence-electron chi connectivity index (χ1n) is 9.11. The first kappa shape index (κ1) is 16.1. The minimum absolute atomic E-state index is 0.417. The molecule has 0 fully saturated rings. The van der Waals surface area contributed by atoms with Gasteiger partial charge in [-0.05, 0) is 35.7 Å². The Hall–Kier alpha value is -3.84. The van der Waals surface area contributed by atoms with Crippen LogP contribution in [-0.4, -0.2) is 24.7 Å². The Kier molecular flexibility index (Phi) is 3.39. The standard InChI is InChI=1S/C22H14N6S/c23-21-19-20(27-28(15-3-1-4-15)22(19)25-12-24-21)14-7-6-13-8-9-16(26-17(13)11-14)18-5-2-10-29-18/h1-12H,(H2,23,24,25). The summed E-state index contributed by atoms with van der Waals surface area (Å²) in [5.41, 5.74) is 11.4. The summed E-state index contributed by atoms with van der Waals surface area (Å²) in [7, 11) is 0. The number of pyridine rings is 1. The highest BCUT2D eigenvalue weighted by Gasteiger charge is 2.19. The number of fused-ring (bicyclic) bond motifs is 2. The van der Waals surface area contributed by atoms with E-state index < -0.39 is 0 Å². The summed E-state index contributed by atoms with van der Waals surface area (Å²) < 4.78 is 1.81. The Morgan fingerprint density at radius 1 is 1.03 bits per heavy atom. The largest absolute Gasteiger partial charge is 0.383 e. The van der Waals surface area contributed by atoms with Gasteiger partial charge in [0.2, 0.25) is 0 Å². The molecule has 6 rings (SSSR count). The molecule has 1 aliphatic carbocycles. The van der Waals surface area contributed by atoms with Crippen LogP contribution >= 0.6 is 11.3 Å². The van der Waals surface area contributed by atoms with Gasteiger partial charge in [-0.25, -0.2) is 19.6 Å². The van der Waals surface area contributed by atoms with E-state index in [1.54, 1.807) is 11.3 Å². The molecule has 0 saturated heterocycles. The molecule has 0 amide bonds. The van der Waals surface area contributed by atoms with Crippen molar-refractivity contribution in [1.82, 2.24) is 24.7 Å². The summed E-state index contributed by atoms with van der Waals surface area (Å²) in [6.45, 7) is 0. The molecule has 5 aromatic rings. The predicted octanol–water partition coefficient (Wildman–Crippen LogP) is 4.76. The molecule has 0 unspecified atom stereocenters. The van der Waals surface area contributed by atoms with Crippen molar-refractivity contribution in [2.45, 2.75) is 0 Å². The molecule has 0 saturated carbocycles. The number of nitrogen functional groups attached to an aromatic ring is 1. The summed E-state index contributed by atoms with van der Waals surface area (Å²) >= 11 is 1.68. The van der Waals surface area contributed by atoms with E-state index >= 15 is 0 Å². The second-order valence-electron chi connectivity index (χ2n) is 6.75. The van der Waals surface area contributed by atoms with Crippen molar-refractivity contribution in [3.05, 3.63) is 72.4 Å². The molecular weight excluding hydrogens is 380 g/mol. The minimum Gasteiger partial charge on any atom is -0.383 e. The Labute approximate surface area is 169 Å². The van der Waals surface area contributed by atoms with Crippen molar-refractivity contribution < 1.29 is 0 Å². The van der Waals surface area contributed by atoms with Gasteiger partial charge < -0.3 is 5.73 Å². The molecule has 4 heterocycles. The van der Waals surface area contributed by atoms with E-state index in [0.717, 1.165) is 43.8 Å². The molecule has 1 aromatic carbocycles. The van der Waals surface area contributed by atoms with E-state index in [1.807, 2.05) is 35.0 Å². The van der Waals surface area contributed by atoms with Crippen LogP contribution < -0.4 is 5.73 Å². The van der Waals surface area contributed by atoms with Gasteiger partial charge in [0.1, 0.15) is 17.8 Å². The first-order chi connectivity index (χ1) is 14.3. The zero-order chi connectivity index (χ0) is 19.4. The molecule has 6 nitrogen and oxygen atoms in total. The molecule has 29 heavy (non-hydrogen) atoms. The number of thiophene rings is 1. The van der Waals surface area contributed by atoms with Crippen LogP contribution in [0.1, 0.15) is 0 Å². The second-order valence-corrected chi connectivity index (χ2v) is 7.70. The zero-order valence-corrected chi connectivity index (χ0v) is 16.0. The third kappa shape index (κ3) is 2.48. The Morgan fingerprint density at radius 3 is 2.72 bits per heavy atom. The number of nitrogens with two attached hydrogens (primary N) is 1. The molecular formula is C22H14N6S. The van der Waals surface area contributed by atoms with Crippen molar-refractivity contribution in [2.24, 2.45) is 0 Å². The van der Waals surface area contributed by atoms with Crippen LogP contribution in [0.5, 0.6) is 0 Å². The van der Waals surface area contributed by atoms with Gasteiger partial charge in [0.15, 0.2) is 5.65 Å². The monoisotopic (exact) mass is 394 g/mol. The van der Waals surface area contributed by atoms with E-state index in [1.165, 1.54) is 6.33 Å². The third-order valence-corrected chi connectivity index (χ3v) is 5.90. The second kappa shape index (κ2) is 6.08. The van der Waals surface area contributed by atoms with Crippen molar-refractivity contribution in [1.29, 1.82) is 0 Å². The number of aromatic nitrogens is 5. The zero-order valence-electron chi connectivity index (χ0n) is 15.1. The summed E-state index contributed by atoms with van der Waals surface area (Å²) in [5, 5.41) is 8.70. The predicted molar refractivity (Wildman–Crippen MR) is 117 cm³/mol. The van der Waals surface area contributed by atoms with Crippen molar-refractivity contribution in [3.8, 4) is 21.8 Å². The van der Waals surface area contributed by atoms with Crippen LogP contribution in [0, 0.1) is 0 Å². The molecule has 4 aromatic heterocycles. The lowest BCUT2D eigenvalue weighted by atomic mass is 10.1. The third-order valence-electron chi connectivity index (χ3n) is 5.01. The van der Waals surface area contributed by atoms with Crippen molar-refractivity contribution in [2.75, 3.05) is 5.73 Å². The van der Waals surface area contributed by atoms with Crippen molar-refractivity contribution in [3.63, 3.8) is 0 Å². The van der Waals surface area contributed by atoms with E-state index in [9.17, 15) is 0 Å². The maximum atomic E-state index is 6.21. The number of anilines is 1. The number of allylic oxidation sites excluding steroid dienone is 4. The van der Waals surface area contributed by atoms with Crippen LogP contribution in [0.25, 0.3) is 49.5 Å². The average molecular weight is 394 g/mol. The maximum absolute atomic E-state index is 6.21. The number of rotatable bonds is 3. The smallest absolute Gasteiger partial charge is 0.169 e. The Morgan fingerprint density at radius 2 is 1.93 bits per heavy atom. The molecule has 0 bridgehead atoms. The fraction of sp³-hybridized carbons (Fsp3) is 0. The molecule has 0 aliphatic heterocycles.